The fourth-order valence-corrected chi connectivity index (χ4v) is 0. The van der Waals surface area contributed by atoms with E-state index in [1.165, 1.54) is 0 Å². The third kappa shape index (κ3) is 9.09. The zero-order valence-electron chi connectivity index (χ0n) is 3.19. The van der Waals surface area contributed by atoms with Crippen LogP contribution in [0.3, 0.4) is 0 Å². The van der Waals surface area contributed by atoms with Gasteiger partial charge in [-0.25, -0.2) is 0 Å². The van der Waals surface area contributed by atoms with E-state index in [0.29, 0.717) is 0 Å². The normalized spacial score (nSPS) is 0.750. The molecule has 1 nitrogen and oxygen atoms in total. The molecule has 0 N–H and O–H groups in total. The van der Waals surface area contributed by atoms with Crippen molar-refractivity contribution >= 4 is 0 Å². The number of rotatable bonds is 0. The van der Waals surface area contributed by atoms with Gasteiger partial charge in [0.05, 0.1) is 0 Å². The Morgan fingerprint density at radius 1 is 1.50 bits per heavy atom. The Bertz CT molecular complexity index is 11.6. The topological polar surface area (TPSA) is 17.1 Å². The molecule has 0 aromatic rings. The molecule has 0 saturated carbocycles. The van der Waals surface area contributed by atoms with Crippen molar-refractivity contribution in [1.29, 1.82) is 0 Å². The first-order valence-electron chi connectivity index (χ1n) is 0.183. The van der Waals surface area contributed by atoms with Gasteiger partial charge in [0.2, 0.25) is 0 Å². The maximum absolute atomic E-state index is 8.19. The van der Waals surface area contributed by atoms with Gasteiger partial charge in [0, 0.05) is 16.8 Å². The molecular weight excluding hydrogens is 149 g/mol. The van der Waals surface area contributed by atoms with Gasteiger partial charge in [0.1, 0.15) is 0 Å². The predicted octanol–water partition coefficient (Wildman–Crippen LogP) is -3.01. The van der Waals surface area contributed by atoms with Gasteiger partial charge in [0.25, 0.3) is 0 Å². The molecule has 0 aliphatic heterocycles. The zero-order valence-corrected chi connectivity index (χ0v) is 6.63. The van der Waals surface area contributed by atoms with E-state index in [1.54, 1.807) is 0 Å². The number of hydrogen-bond donors (Lipinski definition) is 0. The molecule has 1 radical (unpaired) electrons. The van der Waals surface area contributed by atoms with Gasteiger partial charge in [-0.15, -0.1) is 0 Å². The second kappa shape index (κ2) is 20.7. The molecule has 0 aliphatic rings. The Morgan fingerprint density at radius 3 is 1.50 bits per heavy atom. The standard InChI is InChI=1S/Co.Na.O.V.H/q;+1;;;-1. The van der Waals surface area contributed by atoms with Crippen molar-refractivity contribution in [2.75, 3.05) is 0 Å². The van der Waals surface area contributed by atoms with E-state index in [1.807, 2.05) is 0 Å². The van der Waals surface area contributed by atoms with Crippen molar-refractivity contribution in [3.63, 3.8) is 0 Å². The molecule has 0 aliphatic carbocycles. The van der Waals surface area contributed by atoms with E-state index in [0.717, 1.165) is 17.4 Å². The summed E-state index contributed by atoms with van der Waals surface area (Å²) < 4.78 is 8.19. The van der Waals surface area contributed by atoms with E-state index in [9.17, 15) is 0 Å². The van der Waals surface area contributed by atoms with Gasteiger partial charge in [-0.2, -0.15) is 0 Å². The average molecular weight is 150 g/mol. The van der Waals surface area contributed by atoms with Crippen LogP contribution in [0.15, 0.2) is 0 Å². The Kier molecular flexibility index (Phi) is 87.3. The summed E-state index contributed by atoms with van der Waals surface area (Å²) in [4.78, 5) is 0. The van der Waals surface area contributed by atoms with E-state index in [4.69, 9.17) is 3.67 Å². The van der Waals surface area contributed by atoms with Crippen LogP contribution in [0, 0.1) is 0 Å². The van der Waals surface area contributed by atoms with Crippen LogP contribution in [0.5, 0.6) is 0 Å². The number of hydrogen-bond acceptors (Lipinski definition) is 1. The molecule has 0 saturated heterocycles. The molecule has 22 valence electrons. The summed E-state index contributed by atoms with van der Waals surface area (Å²) in [5.74, 6) is 0. The minimum absolute atomic E-state index is 0. The van der Waals surface area contributed by atoms with Crippen LogP contribution < -0.4 is 29.6 Å². The summed E-state index contributed by atoms with van der Waals surface area (Å²) in [5.41, 5.74) is 0. The molecule has 0 unspecified atom stereocenters. The Labute approximate surface area is 68.1 Å². The summed E-state index contributed by atoms with van der Waals surface area (Å²) in [6.07, 6.45) is 0. The summed E-state index contributed by atoms with van der Waals surface area (Å²) in [7, 11) is 0. The van der Waals surface area contributed by atoms with E-state index >= 15 is 0 Å². The Morgan fingerprint density at radius 2 is 1.50 bits per heavy atom. The second-order valence-electron chi connectivity index (χ2n) is 0. The molecule has 0 amide bonds. The van der Waals surface area contributed by atoms with Crippen molar-refractivity contribution < 1.29 is 68.8 Å². The van der Waals surface area contributed by atoms with E-state index in [2.05, 4.69) is 0 Å². The van der Waals surface area contributed by atoms with Crippen LogP contribution >= 0.6 is 0 Å². The summed E-state index contributed by atoms with van der Waals surface area (Å²) >= 11 is 1.06. The molecule has 4 heavy (non-hydrogen) atoms. The first-order valence-corrected chi connectivity index (χ1v) is 0.753. The van der Waals surface area contributed by atoms with Crippen molar-refractivity contribution in [1.82, 2.24) is 0 Å². The Balaban J connectivity index is -0.00000000167. The molecular formula is HCoNaOV. The SMILES string of the molecule is [Co].[H-].[Na+].[O]=[V]. The first-order chi connectivity index (χ1) is 1.00. The first kappa shape index (κ1) is 16.9. The second-order valence-corrected chi connectivity index (χ2v) is 0. The summed E-state index contributed by atoms with van der Waals surface area (Å²) in [6, 6.07) is 0. The van der Waals surface area contributed by atoms with Gasteiger partial charge in [-0.3, -0.25) is 0 Å². The molecule has 0 bridgehead atoms. The van der Waals surface area contributed by atoms with Crippen LogP contribution in [-0.4, -0.2) is 0 Å². The van der Waals surface area contributed by atoms with Gasteiger partial charge in [-0.05, 0) is 0 Å². The minimum atomic E-state index is 0. The molecule has 0 atom stereocenters. The summed E-state index contributed by atoms with van der Waals surface area (Å²) in [6.45, 7) is 0. The predicted molar refractivity (Wildman–Crippen MR) is 1.80 cm³/mol. The van der Waals surface area contributed by atoms with E-state index in [-0.39, 0.29) is 47.8 Å². The molecule has 0 spiro atoms. The summed E-state index contributed by atoms with van der Waals surface area (Å²) in [5, 5.41) is 0. The molecule has 0 aromatic heterocycles. The molecule has 0 fully saturated rings. The average Bonchev–Trinajstić information content (AvgIpc) is 1.00. The van der Waals surface area contributed by atoms with Crippen LogP contribution in [0.2, 0.25) is 0 Å². The molecule has 4 heteroatoms. The molecule has 0 aromatic carbocycles. The van der Waals surface area contributed by atoms with E-state index < -0.39 is 0 Å². The van der Waals surface area contributed by atoms with Gasteiger partial charge < -0.3 is 1.43 Å². The van der Waals surface area contributed by atoms with Crippen LogP contribution in [0.25, 0.3) is 0 Å². The van der Waals surface area contributed by atoms with Gasteiger partial charge in [0.15, 0.2) is 0 Å². The monoisotopic (exact) mass is 150 g/mol. The van der Waals surface area contributed by atoms with Gasteiger partial charge in [-0.1, -0.05) is 0 Å². The van der Waals surface area contributed by atoms with Crippen LogP contribution in [0.4, 0.5) is 0 Å². The zero-order chi connectivity index (χ0) is 2.00. The fourth-order valence-electron chi connectivity index (χ4n) is 0. The third-order valence-electron chi connectivity index (χ3n) is 0. The molecule has 0 heterocycles. The quantitative estimate of drug-likeness (QED) is 0.336. The fraction of sp³-hybridized carbons (Fsp3) is 0. The van der Waals surface area contributed by atoms with Crippen molar-refractivity contribution in [2.24, 2.45) is 0 Å². The van der Waals surface area contributed by atoms with Crippen LogP contribution in [-0.2, 0) is 37.8 Å². The third-order valence-corrected chi connectivity index (χ3v) is 0. The van der Waals surface area contributed by atoms with Crippen molar-refractivity contribution in [3.8, 4) is 0 Å². The van der Waals surface area contributed by atoms with Crippen molar-refractivity contribution in [3.05, 3.63) is 0 Å². The molecule has 0 rings (SSSR count). The van der Waals surface area contributed by atoms with Crippen LogP contribution in [0.1, 0.15) is 1.43 Å². The maximum atomic E-state index is 8.19. The Hall–Kier alpha value is 1.89. The van der Waals surface area contributed by atoms with Gasteiger partial charge >= 0.3 is 50.6 Å². The van der Waals surface area contributed by atoms with Crippen molar-refractivity contribution in [2.45, 2.75) is 0 Å².